The van der Waals surface area contributed by atoms with Crippen LogP contribution in [0, 0.1) is 0 Å². The number of hydrogen-bond acceptors (Lipinski definition) is 0. The Kier molecular flexibility index (Phi) is 459. The third kappa shape index (κ3) is 38.8. The minimum Gasteiger partial charge on any atom is 0 e. The van der Waals surface area contributed by atoms with Crippen molar-refractivity contribution in [2.24, 2.45) is 0 Å². The molecule has 0 bridgehead atoms. The average Bonchev–Trinajstić information content (AvgIpc) is 0. The average molecular weight is 698 g/mol. The SMILES string of the molecule is [B].[Co].[Cr].[Pd].[Pt].[Re].[Y]. The molecule has 6 radical (unpaired) electrons. The second-order valence-corrected chi connectivity index (χ2v) is 0. The van der Waals surface area contributed by atoms with Gasteiger partial charge < -0.3 is 0 Å². The number of rotatable bonds is 0. The van der Waals surface area contributed by atoms with E-state index in [4.69, 9.17) is 0 Å². The summed E-state index contributed by atoms with van der Waals surface area (Å²) in [5.74, 6) is 0. The zero-order valence-electron chi connectivity index (χ0n) is 2.91. The zero-order valence-corrected chi connectivity index (χ0v) is 14.6. The minimum atomic E-state index is 0. The smallest absolute Gasteiger partial charge is 0 e. The molecule has 0 nitrogen and oxygen atoms in total. The minimum absolute atomic E-state index is 0. The van der Waals surface area contributed by atoms with Gasteiger partial charge in [0, 0.05) is 137 Å². The summed E-state index contributed by atoms with van der Waals surface area (Å²) < 4.78 is 0. The van der Waals surface area contributed by atoms with E-state index in [0.29, 0.717) is 0 Å². The molecule has 0 aromatic carbocycles. The zero-order chi connectivity index (χ0) is 0. The fraction of sp³-hybridized carbons (Fsp3) is 0. The van der Waals surface area contributed by atoms with Crippen LogP contribution in [0.15, 0.2) is 0 Å². The molecule has 0 rings (SSSR count). The number of hydrogen-bond donors (Lipinski definition) is 0. The van der Waals surface area contributed by atoms with Crippen LogP contribution in [0.25, 0.3) is 0 Å². The van der Waals surface area contributed by atoms with Crippen LogP contribution >= 0.6 is 0 Å². The molecule has 0 aliphatic rings. The van der Waals surface area contributed by atoms with Gasteiger partial charge in [-0.25, -0.2) is 0 Å². The molecule has 0 aliphatic carbocycles. The van der Waals surface area contributed by atoms with Crippen molar-refractivity contribution >= 4 is 8.41 Å². The molecule has 0 amide bonds. The van der Waals surface area contributed by atoms with Crippen molar-refractivity contribution in [2.45, 2.75) is 0 Å². The Labute approximate surface area is 134 Å². The predicted molar refractivity (Wildman–Crippen MR) is 5.75 cm³/mol. The van der Waals surface area contributed by atoms with Gasteiger partial charge in [-0.3, -0.25) is 0 Å². The summed E-state index contributed by atoms with van der Waals surface area (Å²) in [5.41, 5.74) is 0. The van der Waals surface area contributed by atoms with Gasteiger partial charge >= 0.3 is 0 Å². The van der Waals surface area contributed by atoms with Gasteiger partial charge in [-0.05, 0) is 0 Å². The maximum atomic E-state index is 0. The van der Waals surface area contributed by atoms with Gasteiger partial charge in [0.05, 0.1) is 0 Å². The summed E-state index contributed by atoms with van der Waals surface area (Å²) in [6, 6.07) is 0. The summed E-state index contributed by atoms with van der Waals surface area (Å²) in [6.45, 7) is 0. The Morgan fingerprint density at radius 1 is 1.00 bits per heavy atom. The van der Waals surface area contributed by atoms with Crippen molar-refractivity contribution in [2.75, 3.05) is 0 Å². The van der Waals surface area contributed by atoms with Crippen molar-refractivity contribution in [3.63, 3.8) is 0 Å². The van der Waals surface area contributed by atoms with Gasteiger partial charge in [-0.2, -0.15) is 0 Å². The Bertz CT molecular complexity index is 19.7. The fourth-order valence-corrected chi connectivity index (χ4v) is 0. The molecule has 0 fully saturated rings. The van der Waals surface area contributed by atoms with E-state index in [0.717, 1.165) is 0 Å². The van der Waals surface area contributed by atoms with Crippen LogP contribution in [0.5, 0.6) is 0 Å². The molecule has 0 aliphatic heterocycles. The molecule has 0 N–H and O–H groups in total. The van der Waals surface area contributed by atoms with E-state index in [-0.39, 0.29) is 137 Å². The first kappa shape index (κ1) is 65.8. The van der Waals surface area contributed by atoms with Gasteiger partial charge in [-0.1, -0.05) is 0 Å². The first-order valence-electron chi connectivity index (χ1n) is 0. The molecule has 0 saturated heterocycles. The van der Waals surface area contributed by atoms with E-state index >= 15 is 0 Å². The molecular weight excluding hydrogens is 698 g/mol. The summed E-state index contributed by atoms with van der Waals surface area (Å²) in [5, 5.41) is 0. The summed E-state index contributed by atoms with van der Waals surface area (Å²) in [6.07, 6.45) is 0. The van der Waals surface area contributed by atoms with Gasteiger partial charge in [0.1, 0.15) is 0 Å². The quantitative estimate of drug-likeness (QED) is 0.303. The second kappa shape index (κ2) is 48.8. The molecular formula is BCoCrPdPtReY. The van der Waals surface area contributed by atoms with Crippen LogP contribution in [-0.4, -0.2) is 8.41 Å². The largest absolute Gasteiger partial charge is 0 e. The van der Waals surface area contributed by atoms with E-state index in [1.807, 2.05) is 0 Å². The van der Waals surface area contributed by atoms with Crippen molar-refractivity contribution < 1.29 is 129 Å². The molecule has 0 aromatic rings. The van der Waals surface area contributed by atoms with Gasteiger partial charge in [0.2, 0.25) is 0 Å². The maximum absolute atomic E-state index is 0. The summed E-state index contributed by atoms with van der Waals surface area (Å²) >= 11 is 0. The van der Waals surface area contributed by atoms with Crippen LogP contribution in [-0.2, 0) is 129 Å². The molecule has 48 valence electrons. The Morgan fingerprint density at radius 3 is 1.00 bits per heavy atom. The monoisotopic (exact) mass is 699 g/mol. The standard InChI is InChI=1S/B.Co.Cr.Pd.Pt.Re.Y. The van der Waals surface area contributed by atoms with Crippen molar-refractivity contribution in [1.82, 2.24) is 0 Å². The summed E-state index contributed by atoms with van der Waals surface area (Å²) in [4.78, 5) is 0. The van der Waals surface area contributed by atoms with Crippen LogP contribution in [0.2, 0.25) is 0 Å². The van der Waals surface area contributed by atoms with Gasteiger partial charge in [0.25, 0.3) is 0 Å². The third-order valence-corrected chi connectivity index (χ3v) is 0. The molecule has 7 heavy (non-hydrogen) atoms. The predicted octanol–water partition coefficient (Wildman–Crippen LogP) is -0.396. The van der Waals surface area contributed by atoms with E-state index in [2.05, 4.69) is 0 Å². The Hall–Kier alpha value is 4.22. The van der Waals surface area contributed by atoms with Crippen molar-refractivity contribution in [1.29, 1.82) is 0 Å². The third-order valence-electron chi connectivity index (χ3n) is 0. The maximum Gasteiger partial charge on any atom is 0 e. The summed E-state index contributed by atoms with van der Waals surface area (Å²) in [7, 11) is 0. The normalized spacial score (nSPS) is 0. The fourth-order valence-electron chi connectivity index (χ4n) is 0. The van der Waals surface area contributed by atoms with Crippen molar-refractivity contribution in [3.05, 3.63) is 0 Å². The van der Waals surface area contributed by atoms with Crippen LogP contribution in [0.4, 0.5) is 0 Å². The molecule has 0 saturated carbocycles. The van der Waals surface area contributed by atoms with Crippen LogP contribution in [0.3, 0.4) is 0 Å². The molecule has 7 heteroatoms. The molecule has 0 spiro atoms. The molecule has 0 unspecified atom stereocenters. The topological polar surface area (TPSA) is 0 Å². The van der Waals surface area contributed by atoms with Crippen molar-refractivity contribution in [3.8, 4) is 0 Å². The Morgan fingerprint density at radius 2 is 1.00 bits per heavy atom. The van der Waals surface area contributed by atoms with Crippen LogP contribution in [0.1, 0.15) is 0 Å². The second-order valence-electron chi connectivity index (χ2n) is 0. The molecule has 0 heterocycles. The first-order chi connectivity index (χ1) is 0. The van der Waals surface area contributed by atoms with E-state index in [1.165, 1.54) is 0 Å². The van der Waals surface area contributed by atoms with E-state index in [1.54, 1.807) is 0 Å². The molecule has 0 atom stereocenters. The first-order valence-corrected chi connectivity index (χ1v) is 0. The van der Waals surface area contributed by atoms with E-state index in [9.17, 15) is 0 Å². The van der Waals surface area contributed by atoms with Gasteiger partial charge in [0.15, 0.2) is 0 Å². The van der Waals surface area contributed by atoms with Crippen LogP contribution < -0.4 is 0 Å². The Balaban J connectivity index is 0. The van der Waals surface area contributed by atoms with Gasteiger partial charge in [-0.15, -0.1) is 0 Å². The van der Waals surface area contributed by atoms with E-state index < -0.39 is 0 Å². The molecule has 0 aromatic heterocycles.